The van der Waals surface area contributed by atoms with Gasteiger partial charge in [-0.05, 0) is 35.4 Å². The summed E-state index contributed by atoms with van der Waals surface area (Å²) < 4.78 is 5.07. The van der Waals surface area contributed by atoms with E-state index in [0.29, 0.717) is 16.5 Å². The number of hydrogen-bond donors (Lipinski definition) is 2. The first-order valence-corrected chi connectivity index (χ1v) is 6.82. The van der Waals surface area contributed by atoms with Crippen LogP contribution in [-0.4, -0.2) is 18.1 Å². The molecule has 0 radical (unpaired) electrons. The predicted molar refractivity (Wildman–Crippen MR) is 82.7 cm³/mol. The fourth-order valence-corrected chi connectivity index (χ4v) is 2.16. The van der Waals surface area contributed by atoms with Crippen LogP contribution in [0.25, 0.3) is 0 Å². The van der Waals surface area contributed by atoms with Gasteiger partial charge in [0.2, 0.25) is 5.91 Å². The summed E-state index contributed by atoms with van der Waals surface area (Å²) in [5.41, 5.74) is 2.12. The first kappa shape index (κ1) is 15.4. The maximum absolute atomic E-state index is 12.0. The van der Waals surface area contributed by atoms with Gasteiger partial charge in [-0.2, -0.15) is 0 Å². The van der Waals surface area contributed by atoms with Crippen molar-refractivity contribution < 1.29 is 14.6 Å². The molecule has 0 heterocycles. The lowest BCUT2D eigenvalue weighted by atomic mass is 10.1. The highest BCUT2D eigenvalue weighted by atomic mass is 35.5. The molecule has 2 aromatic carbocycles. The number of hydrogen-bond acceptors (Lipinski definition) is 3. The first-order chi connectivity index (χ1) is 10.1. The Morgan fingerprint density at radius 2 is 2.10 bits per heavy atom. The van der Waals surface area contributed by atoms with Crippen molar-refractivity contribution in [1.29, 1.82) is 0 Å². The number of carbonyl (C=O) groups is 1. The molecular weight excluding hydrogens is 290 g/mol. The average Bonchev–Trinajstić information content (AvgIpc) is 2.49. The van der Waals surface area contributed by atoms with Crippen molar-refractivity contribution in [2.75, 3.05) is 12.4 Å². The first-order valence-electron chi connectivity index (χ1n) is 6.44. The van der Waals surface area contributed by atoms with Crippen molar-refractivity contribution in [1.82, 2.24) is 0 Å². The van der Waals surface area contributed by atoms with Crippen LogP contribution >= 0.6 is 11.6 Å². The van der Waals surface area contributed by atoms with E-state index in [1.165, 1.54) is 0 Å². The zero-order valence-corrected chi connectivity index (χ0v) is 12.4. The molecule has 2 aromatic rings. The number of amides is 1. The fraction of sp³-hybridized carbons (Fsp3) is 0.188. The molecule has 1 amide bonds. The number of methoxy groups -OCH3 is 1. The van der Waals surface area contributed by atoms with Gasteiger partial charge in [-0.15, -0.1) is 0 Å². The number of aliphatic hydroxyl groups is 1. The molecule has 0 aromatic heterocycles. The SMILES string of the molecule is COc1ccc(CC(=O)Nc2cccc(CO)c2)c(Cl)c1. The van der Waals surface area contributed by atoms with Crippen molar-refractivity contribution in [3.8, 4) is 5.75 Å². The summed E-state index contributed by atoms with van der Waals surface area (Å²) in [4.78, 5) is 12.0. The molecule has 5 heteroatoms. The van der Waals surface area contributed by atoms with Crippen LogP contribution in [0.4, 0.5) is 5.69 Å². The average molecular weight is 306 g/mol. The molecule has 21 heavy (non-hydrogen) atoms. The number of anilines is 1. The normalized spacial score (nSPS) is 10.2. The zero-order valence-electron chi connectivity index (χ0n) is 11.6. The summed E-state index contributed by atoms with van der Waals surface area (Å²) in [6.45, 7) is -0.0615. The summed E-state index contributed by atoms with van der Waals surface area (Å²) in [6.07, 6.45) is 0.173. The third-order valence-electron chi connectivity index (χ3n) is 3.00. The van der Waals surface area contributed by atoms with E-state index in [1.54, 1.807) is 49.6 Å². The Hall–Kier alpha value is -2.04. The van der Waals surface area contributed by atoms with E-state index >= 15 is 0 Å². The van der Waals surface area contributed by atoms with Crippen LogP contribution in [0.15, 0.2) is 42.5 Å². The minimum Gasteiger partial charge on any atom is -0.497 e. The number of nitrogens with one attached hydrogen (secondary N) is 1. The summed E-state index contributed by atoms with van der Waals surface area (Å²) in [5.74, 6) is 0.483. The summed E-state index contributed by atoms with van der Waals surface area (Å²) >= 11 is 6.11. The molecule has 4 nitrogen and oxygen atoms in total. The molecule has 0 aliphatic carbocycles. The molecule has 0 spiro atoms. The number of rotatable bonds is 5. The largest absolute Gasteiger partial charge is 0.497 e. The maximum Gasteiger partial charge on any atom is 0.228 e. The number of benzene rings is 2. The van der Waals surface area contributed by atoms with Crippen LogP contribution in [0, 0.1) is 0 Å². The summed E-state index contributed by atoms with van der Waals surface area (Å²) in [7, 11) is 1.56. The highest BCUT2D eigenvalue weighted by molar-refractivity contribution is 6.31. The number of halogens is 1. The molecule has 2 N–H and O–H groups in total. The second kappa shape index (κ2) is 7.11. The van der Waals surface area contributed by atoms with E-state index < -0.39 is 0 Å². The lowest BCUT2D eigenvalue weighted by molar-refractivity contribution is -0.115. The molecule has 0 atom stereocenters. The number of aliphatic hydroxyl groups excluding tert-OH is 1. The molecule has 0 bridgehead atoms. The van der Waals surface area contributed by atoms with Crippen LogP contribution in [-0.2, 0) is 17.8 Å². The third-order valence-corrected chi connectivity index (χ3v) is 3.36. The van der Waals surface area contributed by atoms with Crippen LogP contribution < -0.4 is 10.1 Å². The Labute approximate surface area is 128 Å². The molecule has 0 unspecified atom stereocenters. The molecule has 0 saturated carbocycles. The fourth-order valence-electron chi connectivity index (χ4n) is 1.92. The second-order valence-electron chi connectivity index (χ2n) is 4.54. The Morgan fingerprint density at radius 1 is 1.29 bits per heavy atom. The topological polar surface area (TPSA) is 58.6 Å². The van der Waals surface area contributed by atoms with Gasteiger partial charge in [-0.3, -0.25) is 4.79 Å². The van der Waals surface area contributed by atoms with Gasteiger partial charge in [0, 0.05) is 10.7 Å². The number of carbonyl (C=O) groups excluding carboxylic acids is 1. The van der Waals surface area contributed by atoms with E-state index in [0.717, 1.165) is 11.1 Å². The van der Waals surface area contributed by atoms with Crippen LogP contribution in [0.5, 0.6) is 5.75 Å². The van der Waals surface area contributed by atoms with Crippen molar-refractivity contribution in [3.63, 3.8) is 0 Å². The Kier molecular flexibility index (Phi) is 5.20. The van der Waals surface area contributed by atoms with Gasteiger partial charge in [0.1, 0.15) is 5.75 Å². The molecule has 0 saturated heterocycles. The van der Waals surface area contributed by atoms with Gasteiger partial charge in [0.05, 0.1) is 20.1 Å². The minimum absolute atomic E-state index is 0.0615. The highest BCUT2D eigenvalue weighted by Gasteiger charge is 2.09. The highest BCUT2D eigenvalue weighted by Crippen LogP contribution is 2.23. The predicted octanol–water partition coefficient (Wildman–Crippen LogP) is 3.02. The molecule has 0 aliphatic rings. The van der Waals surface area contributed by atoms with Gasteiger partial charge in [0.15, 0.2) is 0 Å². The standard InChI is InChI=1S/C16H16ClNO3/c1-21-14-6-5-12(15(17)9-14)8-16(20)18-13-4-2-3-11(7-13)10-19/h2-7,9,19H,8,10H2,1H3,(H,18,20). The minimum atomic E-state index is -0.169. The van der Waals surface area contributed by atoms with Crippen molar-refractivity contribution >= 4 is 23.2 Å². The Bertz CT molecular complexity index is 643. The lowest BCUT2D eigenvalue weighted by Gasteiger charge is -2.08. The van der Waals surface area contributed by atoms with Crippen molar-refractivity contribution in [2.24, 2.45) is 0 Å². The Morgan fingerprint density at radius 3 is 2.76 bits per heavy atom. The van der Waals surface area contributed by atoms with E-state index in [2.05, 4.69) is 5.32 Å². The van der Waals surface area contributed by atoms with Gasteiger partial charge in [-0.1, -0.05) is 29.8 Å². The third kappa shape index (κ3) is 4.21. The van der Waals surface area contributed by atoms with Gasteiger partial charge < -0.3 is 15.2 Å². The smallest absolute Gasteiger partial charge is 0.228 e. The quantitative estimate of drug-likeness (QED) is 0.892. The van der Waals surface area contributed by atoms with Crippen molar-refractivity contribution in [2.45, 2.75) is 13.0 Å². The van der Waals surface area contributed by atoms with Crippen molar-refractivity contribution in [3.05, 3.63) is 58.6 Å². The molecule has 0 fully saturated rings. The summed E-state index contributed by atoms with van der Waals surface area (Å²) in [6, 6.07) is 12.3. The molecule has 110 valence electrons. The molecule has 2 rings (SSSR count). The van der Waals surface area contributed by atoms with Gasteiger partial charge >= 0.3 is 0 Å². The Balaban J connectivity index is 2.04. The zero-order chi connectivity index (χ0) is 15.2. The van der Waals surface area contributed by atoms with E-state index in [4.69, 9.17) is 21.4 Å². The van der Waals surface area contributed by atoms with E-state index in [9.17, 15) is 4.79 Å². The monoisotopic (exact) mass is 305 g/mol. The van der Waals surface area contributed by atoms with E-state index in [-0.39, 0.29) is 18.9 Å². The van der Waals surface area contributed by atoms with Crippen LogP contribution in [0.3, 0.4) is 0 Å². The van der Waals surface area contributed by atoms with Gasteiger partial charge in [0.25, 0.3) is 0 Å². The summed E-state index contributed by atoms with van der Waals surface area (Å²) in [5, 5.41) is 12.4. The number of ether oxygens (including phenoxy) is 1. The van der Waals surface area contributed by atoms with E-state index in [1.807, 2.05) is 0 Å². The second-order valence-corrected chi connectivity index (χ2v) is 4.95. The molecular formula is C16H16ClNO3. The molecule has 0 aliphatic heterocycles. The van der Waals surface area contributed by atoms with Crippen LogP contribution in [0.2, 0.25) is 5.02 Å². The van der Waals surface area contributed by atoms with Gasteiger partial charge in [-0.25, -0.2) is 0 Å². The van der Waals surface area contributed by atoms with Crippen LogP contribution in [0.1, 0.15) is 11.1 Å². The maximum atomic E-state index is 12.0. The lowest BCUT2D eigenvalue weighted by Crippen LogP contribution is -2.14.